The Hall–Kier alpha value is -1.34. The molecule has 1 saturated carbocycles. The van der Waals surface area contributed by atoms with Crippen LogP contribution in [0.1, 0.15) is 19.3 Å². The maximum Gasteiger partial charge on any atom is 0.236 e. The van der Waals surface area contributed by atoms with E-state index in [2.05, 4.69) is 20.0 Å². The first-order valence-electron chi connectivity index (χ1n) is 6.37. The highest BCUT2D eigenvalue weighted by Gasteiger charge is 2.24. The van der Waals surface area contributed by atoms with Crippen LogP contribution in [0.3, 0.4) is 0 Å². The molecule has 1 fully saturated rings. The summed E-state index contributed by atoms with van der Waals surface area (Å²) < 4.78 is 3.05. The summed E-state index contributed by atoms with van der Waals surface area (Å²) in [5.74, 6) is 1.51. The van der Waals surface area contributed by atoms with Crippen molar-refractivity contribution < 1.29 is 4.79 Å². The molecule has 0 atom stereocenters. The predicted molar refractivity (Wildman–Crippen MR) is 76.5 cm³/mol. The van der Waals surface area contributed by atoms with Crippen molar-refractivity contribution in [2.75, 3.05) is 24.2 Å². The molecule has 1 aromatic heterocycles. The molecular weight excluding hydrogens is 262 g/mol. The lowest BCUT2D eigenvalue weighted by atomic mass is 9.92. The molecule has 0 aliphatic heterocycles. The Morgan fingerprint density at radius 3 is 3.00 bits per heavy atom. The molecule has 0 radical (unpaired) electrons. The maximum atomic E-state index is 11.8. The molecule has 19 heavy (non-hydrogen) atoms. The van der Waals surface area contributed by atoms with E-state index in [1.165, 1.54) is 18.4 Å². The van der Waals surface area contributed by atoms with E-state index in [9.17, 15) is 4.79 Å². The zero-order chi connectivity index (χ0) is 13.5. The zero-order valence-electron chi connectivity index (χ0n) is 11.0. The van der Waals surface area contributed by atoms with Crippen molar-refractivity contribution in [3.8, 4) is 0 Å². The molecule has 0 bridgehead atoms. The molecule has 0 spiro atoms. The fraction of sp³-hybridized carbons (Fsp3) is 0.583. The van der Waals surface area contributed by atoms with Crippen LogP contribution in [0.25, 0.3) is 0 Å². The zero-order valence-corrected chi connectivity index (χ0v) is 11.8. The van der Waals surface area contributed by atoms with E-state index >= 15 is 0 Å². The van der Waals surface area contributed by atoms with Crippen molar-refractivity contribution in [2.24, 2.45) is 0 Å². The van der Waals surface area contributed by atoms with Gasteiger partial charge in [-0.15, -0.1) is 0 Å². The van der Waals surface area contributed by atoms with Crippen molar-refractivity contribution in [1.29, 1.82) is 0 Å². The van der Waals surface area contributed by atoms with Crippen molar-refractivity contribution in [3.05, 3.63) is 18.6 Å². The Balaban J connectivity index is 1.55. The van der Waals surface area contributed by atoms with E-state index in [0.29, 0.717) is 24.3 Å². The summed E-state index contributed by atoms with van der Waals surface area (Å²) in [6.07, 6.45) is 8.45. The van der Waals surface area contributed by atoms with Crippen LogP contribution >= 0.6 is 11.9 Å². The Morgan fingerprint density at radius 2 is 2.37 bits per heavy atom. The minimum absolute atomic E-state index is 0.157. The number of carbonyl (C=O) groups is 1. The molecule has 2 rings (SSSR count). The highest BCUT2D eigenvalue weighted by Crippen LogP contribution is 2.23. The number of nitrogens with zero attached hydrogens (tertiary/aromatic N) is 3. The molecule has 1 aromatic rings. The second kappa shape index (κ2) is 7.30. The Labute approximate surface area is 117 Å². The molecule has 1 amide bonds. The second-order valence-corrected chi connectivity index (χ2v) is 5.28. The minimum Gasteiger partial charge on any atom is -0.342 e. The van der Waals surface area contributed by atoms with Gasteiger partial charge in [0.15, 0.2) is 5.82 Å². The Bertz CT molecular complexity index is 398. The molecule has 0 aromatic carbocycles. The van der Waals surface area contributed by atoms with Gasteiger partial charge < -0.3 is 9.62 Å². The van der Waals surface area contributed by atoms with Gasteiger partial charge >= 0.3 is 0 Å². The van der Waals surface area contributed by atoms with E-state index in [-0.39, 0.29) is 5.91 Å². The third kappa shape index (κ3) is 4.36. The van der Waals surface area contributed by atoms with Crippen molar-refractivity contribution in [3.63, 3.8) is 0 Å². The van der Waals surface area contributed by atoms with Gasteiger partial charge in [0.1, 0.15) is 0 Å². The number of rotatable bonds is 7. The maximum absolute atomic E-state index is 11.8. The largest absolute Gasteiger partial charge is 0.342 e. The highest BCUT2D eigenvalue weighted by molar-refractivity contribution is 8.00. The highest BCUT2D eigenvalue weighted by atomic mass is 32.2. The van der Waals surface area contributed by atoms with E-state index in [0.717, 1.165) is 12.8 Å². The van der Waals surface area contributed by atoms with E-state index < -0.39 is 0 Å². The fourth-order valence-corrected chi connectivity index (χ4v) is 2.30. The third-order valence-corrected chi connectivity index (χ3v) is 3.91. The van der Waals surface area contributed by atoms with Crippen molar-refractivity contribution >= 4 is 23.7 Å². The van der Waals surface area contributed by atoms with Gasteiger partial charge in [0, 0.05) is 25.5 Å². The van der Waals surface area contributed by atoms with Gasteiger partial charge in [0.25, 0.3) is 0 Å². The number of likely N-dealkylation sites (N-methyl/N-ethyl adjacent to an activating group) is 1. The third-order valence-electron chi connectivity index (χ3n) is 3.21. The minimum atomic E-state index is 0.157. The topological polar surface area (TPSA) is 70.2 Å². The summed E-state index contributed by atoms with van der Waals surface area (Å²) in [7, 11) is 1.89. The summed E-state index contributed by atoms with van der Waals surface area (Å²) >= 11 is 1.45. The molecule has 1 aliphatic carbocycles. The SMILES string of the molecule is CN(C(=O)CNCSNc1cnccn1)C1CCC1. The summed E-state index contributed by atoms with van der Waals surface area (Å²) in [4.78, 5) is 21.7. The van der Waals surface area contributed by atoms with Gasteiger partial charge in [-0.05, 0) is 31.2 Å². The first kappa shape index (κ1) is 14.1. The standard InChI is InChI=1S/C12H19N5OS/c1-17(10-3-2-4-10)12(18)8-14-9-19-16-11-7-13-5-6-15-11/h5-7,10,14H,2-4,8-9H2,1H3,(H,15,16). The van der Waals surface area contributed by atoms with Gasteiger partial charge in [-0.2, -0.15) is 0 Å². The van der Waals surface area contributed by atoms with Crippen LogP contribution in [0, 0.1) is 0 Å². The molecule has 6 nitrogen and oxygen atoms in total. The Kier molecular flexibility index (Phi) is 5.41. The summed E-state index contributed by atoms with van der Waals surface area (Å²) in [5.41, 5.74) is 0. The molecule has 1 heterocycles. The van der Waals surface area contributed by atoms with Gasteiger partial charge in [-0.25, -0.2) is 4.98 Å². The van der Waals surface area contributed by atoms with E-state index in [4.69, 9.17) is 0 Å². The number of aromatic nitrogens is 2. The van der Waals surface area contributed by atoms with Crippen LogP contribution in [0.15, 0.2) is 18.6 Å². The quantitative estimate of drug-likeness (QED) is 0.443. The van der Waals surface area contributed by atoms with Crippen molar-refractivity contribution in [2.45, 2.75) is 25.3 Å². The molecular formula is C12H19N5OS. The molecule has 104 valence electrons. The summed E-state index contributed by atoms with van der Waals surface area (Å²) in [6.45, 7) is 0.377. The number of hydrogen-bond donors (Lipinski definition) is 2. The number of anilines is 1. The average molecular weight is 281 g/mol. The predicted octanol–water partition coefficient (Wildman–Crippen LogP) is 1.09. The average Bonchev–Trinajstić information content (AvgIpc) is 2.37. The molecule has 0 saturated heterocycles. The number of carbonyl (C=O) groups excluding carboxylic acids is 1. The fourth-order valence-electron chi connectivity index (χ4n) is 1.77. The van der Waals surface area contributed by atoms with Gasteiger partial charge in [0.2, 0.25) is 5.91 Å². The second-order valence-electron chi connectivity index (χ2n) is 4.50. The molecule has 7 heteroatoms. The normalized spacial score (nSPS) is 14.8. The van der Waals surface area contributed by atoms with Crippen LogP contribution in [-0.2, 0) is 4.79 Å². The Morgan fingerprint density at radius 1 is 1.53 bits per heavy atom. The number of nitrogens with one attached hydrogen (secondary N) is 2. The van der Waals surface area contributed by atoms with Gasteiger partial charge in [-0.3, -0.25) is 15.1 Å². The van der Waals surface area contributed by atoms with Gasteiger partial charge in [0.05, 0.1) is 18.6 Å². The lowest BCUT2D eigenvalue weighted by molar-refractivity contribution is -0.132. The lowest BCUT2D eigenvalue weighted by Crippen LogP contribution is -2.45. The monoisotopic (exact) mass is 281 g/mol. The van der Waals surface area contributed by atoms with Crippen LogP contribution in [0.5, 0.6) is 0 Å². The smallest absolute Gasteiger partial charge is 0.236 e. The molecule has 2 N–H and O–H groups in total. The van der Waals surface area contributed by atoms with E-state index in [1.54, 1.807) is 18.6 Å². The molecule has 0 unspecified atom stereocenters. The van der Waals surface area contributed by atoms with Crippen LogP contribution in [0.4, 0.5) is 5.82 Å². The summed E-state index contributed by atoms with van der Waals surface area (Å²) in [6, 6.07) is 0.458. The molecule has 1 aliphatic rings. The van der Waals surface area contributed by atoms with Crippen LogP contribution in [0.2, 0.25) is 0 Å². The summed E-state index contributed by atoms with van der Waals surface area (Å²) in [5, 5.41) is 3.10. The first-order chi connectivity index (χ1) is 9.27. The van der Waals surface area contributed by atoms with Crippen LogP contribution in [-0.4, -0.2) is 46.3 Å². The first-order valence-corrected chi connectivity index (χ1v) is 7.36. The van der Waals surface area contributed by atoms with Crippen LogP contribution < -0.4 is 10.0 Å². The van der Waals surface area contributed by atoms with E-state index in [1.807, 2.05) is 11.9 Å². The van der Waals surface area contributed by atoms with Gasteiger partial charge in [-0.1, -0.05) is 0 Å². The van der Waals surface area contributed by atoms with Crippen molar-refractivity contribution in [1.82, 2.24) is 20.2 Å². The number of amides is 1. The number of hydrogen-bond acceptors (Lipinski definition) is 6. The lowest BCUT2D eigenvalue weighted by Gasteiger charge is -2.34.